The van der Waals surface area contributed by atoms with Gasteiger partial charge in [0.15, 0.2) is 0 Å². The number of hydrogen-bond donors (Lipinski definition) is 2. The molecule has 1 heterocycles. The van der Waals surface area contributed by atoms with Crippen LogP contribution >= 0.6 is 0 Å². The van der Waals surface area contributed by atoms with Crippen molar-refractivity contribution in [2.45, 2.75) is 57.9 Å². The van der Waals surface area contributed by atoms with Gasteiger partial charge in [0.05, 0.1) is 6.04 Å². The van der Waals surface area contributed by atoms with Crippen LogP contribution in [0.2, 0.25) is 0 Å². The van der Waals surface area contributed by atoms with E-state index in [0.717, 1.165) is 56.4 Å². The number of hydrogen-bond acceptors (Lipinski definition) is 3. The number of amides is 2. The number of nitrogens with two attached hydrogens (primary N) is 1. The lowest BCUT2D eigenvalue weighted by Crippen LogP contribution is -2.26. The number of carbonyl (C=O) groups excluding carboxylic acids is 2. The molecule has 3 N–H and O–H groups in total. The third kappa shape index (κ3) is 5.34. The highest BCUT2D eigenvalue weighted by Crippen LogP contribution is 2.23. The van der Waals surface area contributed by atoms with Gasteiger partial charge in [0.1, 0.15) is 0 Å². The second-order valence-corrected chi connectivity index (χ2v) is 6.48. The third-order valence-electron chi connectivity index (χ3n) is 4.51. The summed E-state index contributed by atoms with van der Waals surface area (Å²) in [6, 6.07) is 7.90. The van der Waals surface area contributed by atoms with Gasteiger partial charge in [0.25, 0.3) is 0 Å². The molecule has 5 nitrogen and oxygen atoms in total. The Balaban J connectivity index is 1.78. The molecule has 0 aliphatic carbocycles. The van der Waals surface area contributed by atoms with Crippen molar-refractivity contribution in [3.8, 4) is 0 Å². The van der Waals surface area contributed by atoms with E-state index in [1.807, 2.05) is 36.1 Å². The summed E-state index contributed by atoms with van der Waals surface area (Å²) in [5.41, 5.74) is 7.46. The van der Waals surface area contributed by atoms with E-state index in [2.05, 4.69) is 5.32 Å². The third-order valence-corrected chi connectivity index (χ3v) is 4.51. The second-order valence-electron chi connectivity index (χ2n) is 6.48. The predicted octanol–water partition coefficient (Wildman–Crippen LogP) is 2.90. The van der Waals surface area contributed by atoms with E-state index in [9.17, 15) is 9.59 Å². The average molecular weight is 331 g/mol. The highest BCUT2D eigenvalue weighted by atomic mass is 16.2. The van der Waals surface area contributed by atoms with E-state index in [1.165, 1.54) is 0 Å². The molecule has 1 unspecified atom stereocenters. The lowest BCUT2D eigenvalue weighted by Gasteiger charge is -2.18. The molecule has 132 valence electrons. The molecule has 1 atom stereocenters. The monoisotopic (exact) mass is 331 g/mol. The van der Waals surface area contributed by atoms with Crippen molar-refractivity contribution >= 4 is 17.5 Å². The van der Waals surface area contributed by atoms with Crippen molar-refractivity contribution in [3.63, 3.8) is 0 Å². The van der Waals surface area contributed by atoms with Crippen molar-refractivity contribution in [1.29, 1.82) is 0 Å². The van der Waals surface area contributed by atoms with Crippen molar-refractivity contribution < 1.29 is 9.59 Å². The van der Waals surface area contributed by atoms with E-state index in [-0.39, 0.29) is 17.9 Å². The zero-order valence-electron chi connectivity index (χ0n) is 14.6. The number of carbonyl (C=O) groups is 2. The summed E-state index contributed by atoms with van der Waals surface area (Å²) < 4.78 is 0. The maximum absolute atomic E-state index is 12.0. The quantitative estimate of drug-likeness (QED) is 0.683. The molecule has 0 saturated carbocycles. The molecule has 5 heteroatoms. The van der Waals surface area contributed by atoms with Gasteiger partial charge in [0.2, 0.25) is 11.8 Å². The highest BCUT2D eigenvalue weighted by molar-refractivity contribution is 5.95. The van der Waals surface area contributed by atoms with Crippen LogP contribution in [0.25, 0.3) is 0 Å². The van der Waals surface area contributed by atoms with Crippen LogP contribution in [0, 0.1) is 0 Å². The first-order valence-corrected chi connectivity index (χ1v) is 9.01. The van der Waals surface area contributed by atoms with E-state index < -0.39 is 0 Å². The van der Waals surface area contributed by atoms with E-state index in [0.29, 0.717) is 12.8 Å². The number of rotatable bonds is 9. The summed E-state index contributed by atoms with van der Waals surface area (Å²) in [4.78, 5) is 25.6. The number of nitrogens with zero attached hydrogens (tertiary/aromatic N) is 1. The lowest BCUT2D eigenvalue weighted by molar-refractivity contribution is -0.122. The summed E-state index contributed by atoms with van der Waals surface area (Å²) in [5.74, 6) is 0.285. The van der Waals surface area contributed by atoms with Crippen LogP contribution in [0.5, 0.6) is 0 Å². The summed E-state index contributed by atoms with van der Waals surface area (Å²) in [7, 11) is 0. The van der Waals surface area contributed by atoms with E-state index in [1.54, 1.807) is 0 Å². The lowest BCUT2D eigenvalue weighted by atomic mass is 10.1. The Morgan fingerprint density at radius 1 is 1.21 bits per heavy atom. The Morgan fingerprint density at radius 2 is 1.92 bits per heavy atom. The van der Waals surface area contributed by atoms with Crippen LogP contribution < -0.4 is 16.0 Å². The largest absolute Gasteiger partial charge is 0.350 e. The molecular formula is C19H29N3O2. The van der Waals surface area contributed by atoms with Gasteiger partial charge in [-0.25, -0.2) is 0 Å². The van der Waals surface area contributed by atoms with E-state index >= 15 is 0 Å². The van der Waals surface area contributed by atoms with Crippen molar-refractivity contribution in [2.24, 2.45) is 5.73 Å². The van der Waals surface area contributed by atoms with Crippen molar-refractivity contribution in [1.82, 2.24) is 5.32 Å². The van der Waals surface area contributed by atoms with Crippen molar-refractivity contribution in [3.05, 3.63) is 29.8 Å². The fourth-order valence-electron chi connectivity index (χ4n) is 3.04. The second kappa shape index (κ2) is 9.42. The smallest absolute Gasteiger partial charge is 0.227 e. The normalized spacial score (nSPS) is 15.6. The van der Waals surface area contributed by atoms with Crippen LogP contribution in [0.15, 0.2) is 24.3 Å². The van der Waals surface area contributed by atoms with Gasteiger partial charge in [-0.05, 0) is 50.4 Å². The Hall–Kier alpha value is -1.88. The summed E-state index contributed by atoms with van der Waals surface area (Å²) >= 11 is 0. The number of unbranched alkanes of at least 4 members (excludes halogenated alkanes) is 3. The average Bonchev–Trinajstić information content (AvgIpc) is 3.01. The number of benzene rings is 1. The SMILES string of the molecule is CC(NC(=O)CCCCCCN)c1ccc(N2CCCC2=O)cc1. The minimum Gasteiger partial charge on any atom is -0.350 e. The van der Waals surface area contributed by atoms with Gasteiger partial charge in [-0.3, -0.25) is 9.59 Å². The molecular weight excluding hydrogens is 302 g/mol. The Kier molecular flexibility index (Phi) is 7.25. The molecule has 24 heavy (non-hydrogen) atoms. The molecule has 1 aromatic rings. The number of nitrogens with one attached hydrogen (secondary N) is 1. The first-order valence-electron chi connectivity index (χ1n) is 9.01. The van der Waals surface area contributed by atoms with Gasteiger partial charge in [-0.15, -0.1) is 0 Å². The van der Waals surface area contributed by atoms with Gasteiger partial charge in [0, 0.05) is 25.1 Å². The molecule has 1 aliphatic rings. The van der Waals surface area contributed by atoms with Crippen LogP contribution in [-0.4, -0.2) is 24.9 Å². The predicted molar refractivity (Wildman–Crippen MR) is 96.7 cm³/mol. The minimum absolute atomic E-state index is 0.0233. The number of anilines is 1. The Bertz CT molecular complexity index is 542. The molecule has 2 rings (SSSR count). The maximum atomic E-state index is 12.0. The Labute approximate surface area is 144 Å². The molecule has 1 saturated heterocycles. The van der Waals surface area contributed by atoms with Crippen LogP contribution in [0.1, 0.15) is 63.5 Å². The summed E-state index contributed by atoms with van der Waals surface area (Å²) in [6.45, 7) is 3.51. The van der Waals surface area contributed by atoms with Crippen molar-refractivity contribution in [2.75, 3.05) is 18.0 Å². The molecule has 0 spiro atoms. The van der Waals surface area contributed by atoms with Crippen LogP contribution in [0.3, 0.4) is 0 Å². The van der Waals surface area contributed by atoms with Gasteiger partial charge < -0.3 is 16.0 Å². The molecule has 0 bridgehead atoms. The van der Waals surface area contributed by atoms with Crippen LogP contribution in [-0.2, 0) is 9.59 Å². The zero-order valence-corrected chi connectivity index (χ0v) is 14.6. The molecule has 1 aliphatic heterocycles. The summed E-state index contributed by atoms with van der Waals surface area (Å²) in [5, 5.41) is 3.04. The standard InChI is InChI=1S/C19H29N3O2/c1-15(21-18(23)7-4-2-3-5-13-20)16-9-11-17(12-10-16)22-14-6-8-19(22)24/h9-12,15H,2-8,13-14,20H2,1H3,(H,21,23). The zero-order chi connectivity index (χ0) is 17.4. The molecule has 2 amide bonds. The fourth-order valence-corrected chi connectivity index (χ4v) is 3.04. The highest BCUT2D eigenvalue weighted by Gasteiger charge is 2.21. The minimum atomic E-state index is -0.0233. The molecule has 1 aromatic carbocycles. The fraction of sp³-hybridized carbons (Fsp3) is 0.579. The summed E-state index contributed by atoms with van der Waals surface area (Å²) in [6.07, 6.45) is 6.22. The molecule has 1 fully saturated rings. The topological polar surface area (TPSA) is 75.4 Å². The molecule has 0 radical (unpaired) electrons. The maximum Gasteiger partial charge on any atom is 0.227 e. The van der Waals surface area contributed by atoms with Crippen LogP contribution in [0.4, 0.5) is 5.69 Å². The Morgan fingerprint density at radius 3 is 2.54 bits per heavy atom. The van der Waals surface area contributed by atoms with E-state index in [4.69, 9.17) is 5.73 Å². The first-order chi connectivity index (χ1) is 11.6. The van der Waals surface area contributed by atoms with Gasteiger partial charge in [-0.1, -0.05) is 25.0 Å². The van der Waals surface area contributed by atoms with Gasteiger partial charge in [-0.2, -0.15) is 0 Å². The van der Waals surface area contributed by atoms with Gasteiger partial charge >= 0.3 is 0 Å². The molecule has 0 aromatic heterocycles. The first kappa shape index (κ1) is 18.5.